The van der Waals surface area contributed by atoms with Gasteiger partial charge >= 0.3 is 5.97 Å². The molecule has 0 radical (unpaired) electrons. The molecule has 1 fully saturated rings. The van der Waals surface area contributed by atoms with Gasteiger partial charge in [-0.2, -0.15) is 0 Å². The van der Waals surface area contributed by atoms with Crippen molar-refractivity contribution in [3.8, 4) is 0 Å². The van der Waals surface area contributed by atoms with Gasteiger partial charge in [-0.15, -0.1) is 0 Å². The number of hydrogen-bond donors (Lipinski definition) is 1. The molecule has 1 saturated carbocycles. The molecule has 1 aromatic rings. The molecule has 1 aliphatic rings. The van der Waals surface area contributed by atoms with Crippen LogP contribution in [0.25, 0.3) is 0 Å². The van der Waals surface area contributed by atoms with Crippen LogP contribution in [0.4, 0.5) is 0 Å². The number of benzene rings is 1. The minimum atomic E-state index is -0.652. The van der Waals surface area contributed by atoms with Crippen molar-refractivity contribution in [2.75, 3.05) is 0 Å². The molecule has 1 atom stereocenters. The number of rotatable bonds is 4. The highest BCUT2D eigenvalue weighted by Crippen LogP contribution is 2.36. The van der Waals surface area contributed by atoms with Crippen molar-refractivity contribution in [2.24, 2.45) is 11.8 Å². The highest BCUT2D eigenvalue weighted by molar-refractivity contribution is 9.10. The number of carbonyl (C=O) groups is 1. The van der Waals surface area contributed by atoms with E-state index in [0.717, 1.165) is 22.9 Å². The van der Waals surface area contributed by atoms with E-state index in [1.807, 2.05) is 24.3 Å². The molecule has 0 amide bonds. The lowest BCUT2D eigenvalue weighted by Gasteiger charge is -2.31. The first-order chi connectivity index (χ1) is 7.68. The Bertz CT molecular complexity index is 385. The molecule has 2 nitrogen and oxygen atoms in total. The molecule has 1 unspecified atom stereocenters. The summed E-state index contributed by atoms with van der Waals surface area (Å²) in [6, 6.07) is 7.88. The summed E-state index contributed by atoms with van der Waals surface area (Å²) in [7, 11) is 0. The first-order valence-corrected chi connectivity index (χ1v) is 6.44. The van der Waals surface area contributed by atoms with Crippen LogP contribution in [-0.2, 0) is 11.2 Å². The van der Waals surface area contributed by atoms with Crippen LogP contribution < -0.4 is 0 Å². The zero-order valence-corrected chi connectivity index (χ0v) is 10.6. The maximum absolute atomic E-state index is 11.2. The maximum Gasteiger partial charge on any atom is 0.307 e. The smallest absolute Gasteiger partial charge is 0.307 e. The Balaban J connectivity index is 2.11. The van der Waals surface area contributed by atoms with E-state index in [2.05, 4.69) is 15.9 Å². The molecule has 86 valence electrons. The van der Waals surface area contributed by atoms with Crippen molar-refractivity contribution >= 4 is 21.9 Å². The average molecular weight is 283 g/mol. The number of aliphatic carboxylic acids is 1. The van der Waals surface area contributed by atoms with Crippen LogP contribution >= 0.6 is 15.9 Å². The number of hydrogen-bond acceptors (Lipinski definition) is 1. The predicted molar refractivity (Wildman–Crippen MR) is 66.3 cm³/mol. The molecule has 0 saturated heterocycles. The summed E-state index contributed by atoms with van der Waals surface area (Å²) in [5.74, 6) is -0.488. The van der Waals surface area contributed by atoms with Crippen molar-refractivity contribution < 1.29 is 9.90 Å². The summed E-state index contributed by atoms with van der Waals surface area (Å²) < 4.78 is 1.01. The molecule has 0 bridgehead atoms. The van der Waals surface area contributed by atoms with Gasteiger partial charge in [0.15, 0.2) is 0 Å². The Kier molecular flexibility index (Phi) is 3.64. The van der Waals surface area contributed by atoms with E-state index in [-0.39, 0.29) is 5.92 Å². The number of halogens is 1. The first kappa shape index (κ1) is 11.6. The molecule has 0 heterocycles. The van der Waals surface area contributed by atoms with Gasteiger partial charge in [0.05, 0.1) is 5.92 Å². The summed E-state index contributed by atoms with van der Waals surface area (Å²) in [6.07, 6.45) is 3.97. The fraction of sp³-hybridized carbons (Fsp3) is 0.462. The largest absolute Gasteiger partial charge is 0.481 e. The second-order valence-corrected chi connectivity index (χ2v) is 5.29. The monoisotopic (exact) mass is 282 g/mol. The summed E-state index contributed by atoms with van der Waals surface area (Å²) >= 11 is 3.47. The van der Waals surface area contributed by atoms with Crippen molar-refractivity contribution in [2.45, 2.75) is 25.7 Å². The average Bonchev–Trinajstić information content (AvgIpc) is 2.17. The SMILES string of the molecule is O=C(O)C(Cc1ccccc1Br)C1CCC1. The lowest BCUT2D eigenvalue weighted by atomic mass is 9.73. The first-order valence-electron chi connectivity index (χ1n) is 5.64. The third-order valence-electron chi connectivity index (χ3n) is 3.43. The van der Waals surface area contributed by atoms with Crippen molar-refractivity contribution in [1.29, 1.82) is 0 Å². The molecular weight excluding hydrogens is 268 g/mol. The molecule has 0 aliphatic heterocycles. The van der Waals surface area contributed by atoms with Gasteiger partial charge in [0.25, 0.3) is 0 Å². The van der Waals surface area contributed by atoms with Gasteiger partial charge in [-0.1, -0.05) is 40.5 Å². The topological polar surface area (TPSA) is 37.3 Å². The van der Waals surface area contributed by atoms with Crippen LogP contribution in [-0.4, -0.2) is 11.1 Å². The standard InChI is InChI=1S/C13H15BrO2/c14-12-7-2-1-4-10(12)8-11(13(15)16)9-5-3-6-9/h1-2,4,7,9,11H,3,5-6,8H2,(H,15,16). The van der Waals surface area contributed by atoms with E-state index in [0.29, 0.717) is 12.3 Å². The third kappa shape index (κ3) is 2.46. The van der Waals surface area contributed by atoms with Gasteiger partial charge in [0.1, 0.15) is 0 Å². The fourth-order valence-corrected chi connectivity index (χ4v) is 2.65. The Hall–Kier alpha value is -0.830. The van der Waals surface area contributed by atoms with Crippen LogP contribution in [0.3, 0.4) is 0 Å². The Morgan fingerprint density at radius 2 is 2.12 bits per heavy atom. The number of carboxylic acids is 1. The summed E-state index contributed by atoms with van der Waals surface area (Å²) in [6.45, 7) is 0. The summed E-state index contributed by atoms with van der Waals surface area (Å²) in [5, 5.41) is 9.25. The third-order valence-corrected chi connectivity index (χ3v) is 4.21. The van der Waals surface area contributed by atoms with Gasteiger partial charge in [-0.3, -0.25) is 4.79 Å². The molecule has 0 spiro atoms. The number of carboxylic acid groups (broad SMARTS) is 1. The van der Waals surface area contributed by atoms with Crippen molar-refractivity contribution in [1.82, 2.24) is 0 Å². The molecule has 2 rings (SSSR count). The maximum atomic E-state index is 11.2. The molecule has 0 aromatic heterocycles. The van der Waals surface area contributed by atoms with Gasteiger partial charge in [-0.05, 0) is 36.8 Å². The molecule has 16 heavy (non-hydrogen) atoms. The molecule has 1 aliphatic carbocycles. The molecule has 3 heteroatoms. The van der Waals surface area contributed by atoms with E-state index in [4.69, 9.17) is 0 Å². The van der Waals surface area contributed by atoms with Crippen molar-refractivity contribution in [3.05, 3.63) is 34.3 Å². The lowest BCUT2D eigenvalue weighted by molar-refractivity contribution is -0.144. The quantitative estimate of drug-likeness (QED) is 0.918. The predicted octanol–water partition coefficient (Wildman–Crippen LogP) is 3.49. The highest BCUT2D eigenvalue weighted by Gasteiger charge is 2.32. The molecule has 1 N–H and O–H groups in total. The Morgan fingerprint density at radius 3 is 2.62 bits per heavy atom. The van der Waals surface area contributed by atoms with E-state index in [1.165, 1.54) is 6.42 Å². The molecule has 1 aromatic carbocycles. The summed E-state index contributed by atoms with van der Waals surface area (Å²) in [4.78, 5) is 11.2. The molecular formula is C13H15BrO2. The van der Waals surface area contributed by atoms with Gasteiger partial charge in [-0.25, -0.2) is 0 Å². The van der Waals surface area contributed by atoms with E-state index in [1.54, 1.807) is 0 Å². The van der Waals surface area contributed by atoms with E-state index < -0.39 is 5.97 Å². The van der Waals surface area contributed by atoms with Gasteiger partial charge < -0.3 is 5.11 Å². The Morgan fingerprint density at radius 1 is 1.44 bits per heavy atom. The second kappa shape index (κ2) is 5.00. The minimum Gasteiger partial charge on any atom is -0.481 e. The van der Waals surface area contributed by atoms with Crippen LogP contribution in [0.5, 0.6) is 0 Å². The van der Waals surface area contributed by atoms with Crippen LogP contribution in [0.2, 0.25) is 0 Å². The fourth-order valence-electron chi connectivity index (χ4n) is 2.20. The lowest BCUT2D eigenvalue weighted by Crippen LogP contribution is -2.30. The van der Waals surface area contributed by atoms with E-state index >= 15 is 0 Å². The Labute approximate surface area is 104 Å². The second-order valence-electron chi connectivity index (χ2n) is 4.43. The van der Waals surface area contributed by atoms with Gasteiger partial charge in [0.2, 0.25) is 0 Å². The zero-order chi connectivity index (χ0) is 11.5. The van der Waals surface area contributed by atoms with Crippen LogP contribution in [0.1, 0.15) is 24.8 Å². The van der Waals surface area contributed by atoms with Crippen molar-refractivity contribution in [3.63, 3.8) is 0 Å². The minimum absolute atomic E-state index is 0.215. The zero-order valence-electron chi connectivity index (χ0n) is 9.03. The van der Waals surface area contributed by atoms with Crippen LogP contribution in [0, 0.1) is 11.8 Å². The summed E-state index contributed by atoms with van der Waals surface area (Å²) in [5.41, 5.74) is 1.10. The van der Waals surface area contributed by atoms with Crippen LogP contribution in [0.15, 0.2) is 28.7 Å². The normalized spacial score (nSPS) is 17.8. The highest BCUT2D eigenvalue weighted by atomic mass is 79.9. The van der Waals surface area contributed by atoms with Gasteiger partial charge in [0, 0.05) is 4.47 Å². The van der Waals surface area contributed by atoms with E-state index in [9.17, 15) is 9.90 Å².